The van der Waals surface area contributed by atoms with Crippen LogP contribution in [0.3, 0.4) is 0 Å². The molecule has 0 radical (unpaired) electrons. The molecule has 2 unspecified atom stereocenters. The first-order valence-electron chi connectivity index (χ1n) is 6.76. The van der Waals surface area contributed by atoms with Gasteiger partial charge in [0.05, 0.1) is 11.1 Å². The lowest BCUT2D eigenvalue weighted by Crippen LogP contribution is -2.14. The van der Waals surface area contributed by atoms with Crippen molar-refractivity contribution in [2.75, 3.05) is 6.61 Å². The maximum Gasteiger partial charge on any atom is 0.133 e. The van der Waals surface area contributed by atoms with Gasteiger partial charge in [0, 0.05) is 6.04 Å². The van der Waals surface area contributed by atoms with E-state index in [0.29, 0.717) is 5.92 Å². The van der Waals surface area contributed by atoms with E-state index in [2.05, 4.69) is 48.8 Å². The topological polar surface area (TPSA) is 35.2 Å². The monoisotopic (exact) mass is 313 g/mol. The molecule has 3 heteroatoms. The molecule has 0 spiro atoms. The smallest absolute Gasteiger partial charge is 0.133 e. The van der Waals surface area contributed by atoms with Crippen LogP contribution in [0.15, 0.2) is 22.7 Å². The summed E-state index contributed by atoms with van der Waals surface area (Å²) in [6, 6.07) is 6.27. The Morgan fingerprint density at radius 1 is 1.33 bits per heavy atom. The summed E-state index contributed by atoms with van der Waals surface area (Å²) in [6.45, 7) is 7.30. The Kier molecular flexibility index (Phi) is 6.72. The fourth-order valence-corrected chi connectivity index (χ4v) is 2.32. The average Bonchev–Trinajstić information content (AvgIpc) is 2.37. The summed E-state index contributed by atoms with van der Waals surface area (Å²) < 4.78 is 6.63. The molecule has 1 aromatic rings. The highest BCUT2D eigenvalue weighted by Gasteiger charge is 2.12. The minimum Gasteiger partial charge on any atom is -0.492 e. The number of ether oxygens (including phenoxy) is 1. The van der Waals surface area contributed by atoms with Gasteiger partial charge in [0.2, 0.25) is 0 Å². The van der Waals surface area contributed by atoms with E-state index in [4.69, 9.17) is 10.5 Å². The third kappa shape index (κ3) is 4.62. The number of benzene rings is 1. The molecule has 0 heterocycles. The van der Waals surface area contributed by atoms with Crippen molar-refractivity contribution in [2.45, 2.75) is 46.1 Å². The molecule has 0 aliphatic carbocycles. The summed E-state index contributed by atoms with van der Waals surface area (Å²) in [5.74, 6) is 1.56. The minimum absolute atomic E-state index is 0.108. The van der Waals surface area contributed by atoms with Crippen LogP contribution in [0.1, 0.15) is 51.6 Å². The third-order valence-corrected chi connectivity index (χ3v) is 3.82. The predicted octanol–water partition coefficient (Wildman–Crippen LogP) is 4.67. The van der Waals surface area contributed by atoms with Crippen molar-refractivity contribution in [1.82, 2.24) is 0 Å². The second-order valence-corrected chi connectivity index (χ2v) is 5.75. The van der Waals surface area contributed by atoms with Crippen molar-refractivity contribution >= 4 is 15.9 Å². The summed E-state index contributed by atoms with van der Waals surface area (Å²) in [5, 5.41) is 0. The maximum absolute atomic E-state index is 6.23. The van der Waals surface area contributed by atoms with Crippen molar-refractivity contribution in [3.8, 4) is 5.75 Å². The number of hydrogen-bond acceptors (Lipinski definition) is 2. The number of nitrogens with two attached hydrogens (primary N) is 1. The average molecular weight is 314 g/mol. The van der Waals surface area contributed by atoms with Crippen molar-refractivity contribution in [3.63, 3.8) is 0 Å². The largest absolute Gasteiger partial charge is 0.492 e. The SMILES string of the molecule is CCCOc1ccc(C(N)CC(C)CC)cc1Br. The van der Waals surface area contributed by atoms with E-state index in [9.17, 15) is 0 Å². The van der Waals surface area contributed by atoms with Crippen LogP contribution < -0.4 is 10.5 Å². The van der Waals surface area contributed by atoms with Gasteiger partial charge in [0.1, 0.15) is 5.75 Å². The fourth-order valence-electron chi connectivity index (χ4n) is 1.81. The highest BCUT2D eigenvalue weighted by molar-refractivity contribution is 9.10. The summed E-state index contributed by atoms with van der Waals surface area (Å²) >= 11 is 3.55. The van der Waals surface area contributed by atoms with E-state index in [1.807, 2.05) is 6.07 Å². The molecule has 102 valence electrons. The van der Waals surface area contributed by atoms with E-state index in [1.165, 1.54) is 12.0 Å². The van der Waals surface area contributed by atoms with Gasteiger partial charge >= 0.3 is 0 Å². The van der Waals surface area contributed by atoms with Crippen LogP contribution in [0.5, 0.6) is 5.75 Å². The van der Waals surface area contributed by atoms with Gasteiger partial charge < -0.3 is 10.5 Å². The minimum atomic E-state index is 0.108. The molecular formula is C15H24BrNO. The molecule has 1 aromatic carbocycles. The molecule has 2 N–H and O–H groups in total. The molecular weight excluding hydrogens is 290 g/mol. The van der Waals surface area contributed by atoms with E-state index in [-0.39, 0.29) is 6.04 Å². The molecule has 2 nitrogen and oxygen atoms in total. The molecule has 0 aliphatic rings. The summed E-state index contributed by atoms with van der Waals surface area (Å²) in [6.07, 6.45) is 3.21. The Hall–Kier alpha value is -0.540. The lowest BCUT2D eigenvalue weighted by Gasteiger charge is -2.17. The lowest BCUT2D eigenvalue weighted by molar-refractivity contribution is 0.315. The van der Waals surface area contributed by atoms with Crippen molar-refractivity contribution < 1.29 is 4.74 Å². The third-order valence-electron chi connectivity index (χ3n) is 3.20. The Labute approximate surface area is 119 Å². The zero-order chi connectivity index (χ0) is 13.5. The van der Waals surface area contributed by atoms with Crippen molar-refractivity contribution in [3.05, 3.63) is 28.2 Å². The van der Waals surface area contributed by atoms with Gasteiger partial charge in [0.15, 0.2) is 0 Å². The second kappa shape index (κ2) is 7.80. The van der Waals surface area contributed by atoms with Crippen LogP contribution in [0.25, 0.3) is 0 Å². The molecule has 2 atom stereocenters. The number of halogens is 1. The van der Waals surface area contributed by atoms with Crippen LogP contribution in [0.2, 0.25) is 0 Å². The summed E-state index contributed by atoms with van der Waals surface area (Å²) in [7, 11) is 0. The quantitative estimate of drug-likeness (QED) is 0.793. The van der Waals surface area contributed by atoms with E-state index in [1.54, 1.807) is 0 Å². The zero-order valence-electron chi connectivity index (χ0n) is 11.6. The molecule has 1 rings (SSSR count). The fraction of sp³-hybridized carbons (Fsp3) is 0.600. The van der Waals surface area contributed by atoms with Crippen molar-refractivity contribution in [1.29, 1.82) is 0 Å². The molecule has 18 heavy (non-hydrogen) atoms. The number of hydrogen-bond donors (Lipinski definition) is 1. The molecule has 0 aliphatic heterocycles. The maximum atomic E-state index is 6.23. The van der Waals surface area contributed by atoms with Gasteiger partial charge in [-0.3, -0.25) is 0 Å². The normalized spacial score (nSPS) is 14.3. The highest BCUT2D eigenvalue weighted by Crippen LogP contribution is 2.30. The summed E-state index contributed by atoms with van der Waals surface area (Å²) in [4.78, 5) is 0. The van der Waals surface area contributed by atoms with Gasteiger partial charge in [0.25, 0.3) is 0 Å². The number of rotatable bonds is 7. The molecule has 0 amide bonds. The molecule has 0 fully saturated rings. The van der Waals surface area contributed by atoms with Crippen LogP contribution >= 0.6 is 15.9 Å². The van der Waals surface area contributed by atoms with E-state index >= 15 is 0 Å². The first kappa shape index (κ1) is 15.5. The van der Waals surface area contributed by atoms with E-state index < -0.39 is 0 Å². The molecule has 0 bridgehead atoms. The summed E-state index contributed by atoms with van der Waals surface area (Å²) in [5.41, 5.74) is 7.40. The second-order valence-electron chi connectivity index (χ2n) is 4.89. The Morgan fingerprint density at radius 2 is 2.06 bits per heavy atom. The van der Waals surface area contributed by atoms with Gasteiger partial charge in [-0.2, -0.15) is 0 Å². The first-order valence-corrected chi connectivity index (χ1v) is 7.55. The first-order chi connectivity index (χ1) is 8.58. The highest BCUT2D eigenvalue weighted by atomic mass is 79.9. The van der Waals surface area contributed by atoms with Crippen LogP contribution in [0, 0.1) is 5.92 Å². The Balaban J connectivity index is 2.70. The van der Waals surface area contributed by atoms with Gasteiger partial charge in [-0.05, 0) is 52.4 Å². The molecule has 0 saturated heterocycles. The Morgan fingerprint density at radius 3 is 2.61 bits per heavy atom. The standard InChI is InChI=1S/C15H24BrNO/c1-4-8-18-15-7-6-12(10-13(15)16)14(17)9-11(3)5-2/h6-7,10-11,14H,4-5,8-9,17H2,1-3H3. The predicted molar refractivity (Wildman–Crippen MR) is 80.9 cm³/mol. The van der Waals surface area contributed by atoms with Crippen molar-refractivity contribution in [2.24, 2.45) is 11.7 Å². The zero-order valence-corrected chi connectivity index (χ0v) is 13.2. The van der Waals surface area contributed by atoms with Gasteiger partial charge in [-0.25, -0.2) is 0 Å². The van der Waals surface area contributed by atoms with E-state index in [0.717, 1.165) is 29.7 Å². The molecule has 0 saturated carbocycles. The van der Waals surface area contributed by atoms with Crippen LogP contribution in [0.4, 0.5) is 0 Å². The van der Waals surface area contributed by atoms with Crippen LogP contribution in [-0.2, 0) is 0 Å². The lowest BCUT2D eigenvalue weighted by atomic mass is 9.95. The Bertz CT molecular complexity index is 368. The van der Waals surface area contributed by atoms with Crippen LogP contribution in [-0.4, -0.2) is 6.61 Å². The molecule has 0 aromatic heterocycles. The van der Waals surface area contributed by atoms with Gasteiger partial charge in [-0.1, -0.05) is 33.3 Å². The van der Waals surface area contributed by atoms with Gasteiger partial charge in [-0.15, -0.1) is 0 Å².